The zero-order chi connectivity index (χ0) is 24.8. The number of non-ortho nitro benzene ring substituents is 1. The number of hydrogen-bond acceptors (Lipinski definition) is 6. The molecule has 1 aromatic heterocycles. The summed E-state index contributed by atoms with van der Waals surface area (Å²) in [5.41, 5.74) is 3.25. The number of nitrogens with one attached hydrogen (secondary N) is 2. The highest BCUT2D eigenvalue weighted by atomic mass is 79.9. The molecule has 2 amide bonds. The predicted octanol–water partition coefficient (Wildman–Crippen LogP) is 5.18. The van der Waals surface area contributed by atoms with Gasteiger partial charge in [0.1, 0.15) is 17.6 Å². The van der Waals surface area contributed by atoms with Gasteiger partial charge in [-0.15, -0.1) is 0 Å². The molecule has 11 heteroatoms. The van der Waals surface area contributed by atoms with Gasteiger partial charge in [-0.3, -0.25) is 19.7 Å². The molecule has 0 aliphatic carbocycles. The van der Waals surface area contributed by atoms with E-state index in [1.54, 1.807) is 56.3 Å². The molecule has 34 heavy (non-hydrogen) atoms. The normalized spacial score (nSPS) is 12.0. The average Bonchev–Trinajstić information content (AvgIpc) is 3.25. The van der Waals surface area contributed by atoms with Gasteiger partial charge in [-0.2, -0.15) is 5.10 Å². The fraction of sp³-hybridized carbons (Fsp3) is 0.174. The van der Waals surface area contributed by atoms with Crippen LogP contribution in [-0.4, -0.2) is 29.0 Å². The highest BCUT2D eigenvalue weighted by Crippen LogP contribution is 2.32. The molecular formula is C23H20BrClN4O5. The van der Waals surface area contributed by atoms with E-state index in [0.717, 1.165) is 0 Å². The van der Waals surface area contributed by atoms with Crippen LogP contribution < -0.4 is 10.7 Å². The van der Waals surface area contributed by atoms with Gasteiger partial charge in [0.15, 0.2) is 0 Å². The molecule has 0 aliphatic rings. The van der Waals surface area contributed by atoms with Crippen molar-refractivity contribution in [3.8, 4) is 11.3 Å². The molecule has 0 saturated heterocycles. The van der Waals surface area contributed by atoms with Crippen LogP contribution in [0.4, 0.5) is 5.69 Å². The number of nitrogens with zero attached hydrogens (tertiary/aromatic N) is 2. The van der Waals surface area contributed by atoms with E-state index in [-0.39, 0.29) is 22.2 Å². The third kappa shape index (κ3) is 6.09. The minimum Gasteiger partial charge on any atom is -0.455 e. The molecule has 0 radical (unpaired) electrons. The number of halogens is 2. The van der Waals surface area contributed by atoms with E-state index in [1.807, 2.05) is 0 Å². The molecule has 9 nitrogen and oxygen atoms in total. The summed E-state index contributed by atoms with van der Waals surface area (Å²) >= 11 is 9.37. The molecule has 3 aromatic rings. The van der Waals surface area contributed by atoms with Crippen LogP contribution in [0.3, 0.4) is 0 Å². The van der Waals surface area contributed by atoms with Crippen molar-refractivity contribution in [2.75, 3.05) is 0 Å². The van der Waals surface area contributed by atoms with Crippen LogP contribution in [0.25, 0.3) is 11.3 Å². The van der Waals surface area contributed by atoms with Gasteiger partial charge in [-0.25, -0.2) is 5.43 Å². The van der Waals surface area contributed by atoms with Crippen molar-refractivity contribution in [2.24, 2.45) is 11.0 Å². The number of amides is 2. The first-order valence-corrected chi connectivity index (χ1v) is 11.3. The Bertz CT molecular complexity index is 1260. The summed E-state index contributed by atoms with van der Waals surface area (Å²) in [4.78, 5) is 35.6. The second-order valence-electron chi connectivity index (χ2n) is 7.53. The summed E-state index contributed by atoms with van der Waals surface area (Å²) in [6.07, 6.45) is 1.31. The van der Waals surface area contributed by atoms with Crippen molar-refractivity contribution in [3.63, 3.8) is 0 Å². The quantitative estimate of drug-likeness (QED) is 0.228. The molecule has 3 rings (SSSR count). The monoisotopic (exact) mass is 546 g/mol. The molecule has 2 N–H and O–H groups in total. The first-order chi connectivity index (χ1) is 16.2. The van der Waals surface area contributed by atoms with Gasteiger partial charge in [0.25, 0.3) is 17.5 Å². The number of furan rings is 1. The Hall–Kier alpha value is -3.50. The standard InChI is InChI=1S/C23H20BrClN4O5/c1-13(2)21(27-22(30)17-5-3-4-6-19(17)25)23(31)28-26-12-15-8-10-20(34-15)16-9-7-14(29(32)33)11-18(16)24/h3-13,21H,1-2H3,(H,27,30)(H,28,31). The van der Waals surface area contributed by atoms with Crippen molar-refractivity contribution < 1.29 is 18.9 Å². The third-order valence-corrected chi connectivity index (χ3v) is 5.76. The topological polar surface area (TPSA) is 127 Å². The lowest BCUT2D eigenvalue weighted by Crippen LogP contribution is -2.48. The van der Waals surface area contributed by atoms with Crippen LogP contribution in [0.2, 0.25) is 5.02 Å². The SMILES string of the molecule is CC(C)C(NC(=O)c1ccccc1Cl)C(=O)NN=Cc1ccc(-c2ccc([N+](=O)[O-])cc2Br)o1. The summed E-state index contributed by atoms with van der Waals surface area (Å²) in [7, 11) is 0. The van der Waals surface area contributed by atoms with Crippen LogP contribution >= 0.6 is 27.5 Å². The van der Waals surface area contributed by atoms with Crippen LogP contribution in [0.15, 0.2) is 68.6 Å². The van der Waals surface area contributed by atoms with E-state index in [1.165, 1.54) is 18.3 Å². The fourth-order valence-electron chi connectivity index (χ4n) is 3.01. The van der Waals surface area contributed by atoms with Gasteiger partial charge in [0.05, 0.1) is 21.7 Å². The van der Waals surface area contributed by atoms with E-state index < -0.39 is 22.8 Å². The lowest BCUT2D eigenvalue weighted by molar-refractivity contribution is -0.384. The summed E-state index contributed by atoms with van der Waals surface area (Å²) in [6, 6.07) is 13.4. The van der Waals surface area contributed by atoms with Gasteiger partial charge in [0.2, 0.25) is 0 Å². The van der Waals surface area contributed by atoms with E-state index in [4.69, 9.17) is 16.0 Å². The Kier molecular flexibility index (Phi) is 8.19. The predicted molar refractivity (Wildman–Crippen MR) is 132 cm³/mol. The minimum absolute atomic E-state index is 0.0481. The number of hydrazone groups is 1. The summed E-state index contributed by atoms with van der Waals surface area (Å²) < 4.78 is 6.19. The zero-order valence-electron chi connectivity index (χ0n) is 18.1. The van der Waals surface area contributed by atoms with Gasteiger partial charge < -0.3 is 9.73 Å². The minimum atomic E-state index is -0.843. The fourth-order valence-corrected chi connectivity index (χ4v) is 3.80. The molecule has 0 saturated carbocycles. The van der Waals surface area contributed by atoms with E-state index >= 15 is 0 Å². The Balaban J connectivity index is 1.65. The summed E-state index contributed by atoms with van der Waals surface area (Å²) in [5.74, 6) is -0.371. The van der Waals surface area contributed by atoms with Crippen LogP contribution in [-0.2, 0) is 4.79 Å². The highest BCUT2D eigenvalue weighted by Gasteiger charge is 2.25. The second-order valence-corrected chi connectivity index (χ2v) is 8.79. The lowest BCUT2D eigenvalue weighted by atomic mass is 10.0. The Morgan fingerprint density at radius 1 is 1.18 bits per heavy atom. The number of hydrogen-bond donors (Lipinski definition) is 2. The molecule has 2 aromatic carbocycles. The van der Waals surface area contributed by atoms with Gasteiger partial charge in [0, 0.05) is 22.2 Å². The lowest BCUT2D eigenvalue weighted by Gasteiger charge is -2.20. The number of carbonyl (C=O) groups excluding carboxylic acids is 2. The molecule has 0 bridgehead atoms. The van der Waals surface area contributed by atoms with Crippen LogP contribution in [0.5, 0.6) is 0 Å². The number of benzene rings is 2. The molecule has 1 unspecified atom stereocenters. The van der Waals surface area contributed by atoms with E-state index in [0.29, 0.717) is 21.6 Å². The molecule has 0 aliphatic heterocycles. The second kappa shape index (κ2) is 11.1. The highest BCUT2D eigenvalue weighted by molar-refractivity contribution is 9.10. The molecular weight excluding hydrogens is 528 g/mol. The van der Waals surface area contributed by atoms with Crippen molar-refractivity contribution in [3.05, 3.63) is 85.5 Å². The maximum atomic E-state index is 12.6. The van der Waals surface area contributed by atoms with Crippen molar-refractivity contribution in [2.45, 2.75) is 19.9 Å². The largest absolute Gasteiger partial charge is 0.455 e. The Morgan fingerprint density at radius 2 is 1.91 bits per heavy atom. The number of nitro benzene ring substituents is 1. The molecule has 0 spiro atoms. The van der Waals surface area contributed by atoms with Crippen molar-refractivity contribution >= 4 is 51.2 Å². The van der Waals surface area contributed by atoms with Crippen LogP contribution in [0.1, 0.15) is 30.0 Å². The van der Waals surface area contributed by atoms with Gasteiger partial charge in [-0.05, 0) is 52.2 Å². The number of carbonyl (C=O) groups is 2. The average molecular weight is 548 g/mol. The number of rotatable bonds is 8. The summed E-state index contributed by atoms with van der Waals surface area (Å²) in [5, 5.41) is 17.8. The third-order valence-electron chi connectivity index (χ3n) is 4.78. The smallest absolute Gasteiger partial charge is 0.270 e. The van der Waals surface area contributed by atoms with Gasteiger partial charge in [-0.1, -0.05) is 37.6 Å². The zero-order valence-corrected chi connectivity index (χ0v) is 20.5. The van der Waals surface area contributed by atoms with Crippen LogP contribution in [0, 0.1) is 16.0 Å². The molecule has 176 valence electrons. The summed E-state index contributed by atoms with van der Waals surface area (Å²) in [6.45, 7) is 3.59. The molecule has 1 heterocycles. The van der Waals surface area contributed by atoms with Gasteiger partial charge >= 0.3 is 0 Å². The van der Waals surface area contributed by atoms with Crippen molar-refractivity contribution in [1.82, 2.24) is 10.7 Å². The van der Waals surface area contributed by atoms with Crippen molar-refractivity contribution in [1.29, 1.82) is 0 Å². The number of nitro groups is 1. The molecule has 0 fully saturated rings. The Labute approximate surface area is 208 Å². The first-order valence-electron chi connectivity index (χ1n) is 10.1. The maximum absolute atomic E-state index is 12.6. The van der Waals surface area contributed by atoms with E-state index in [2.05, 4.69) is 31.8 Å². The Morgan fingerprint density at radius 3 is 2.56 bits per heavy atom. The van der Waals surface area contributed by atoms with E-state index in [9.17, 15) is 19.7 Å². The maximum Gasteiger partial charge on any atom is 0.270 e. The first kappa shape index (κ1) is 25.1. The molecule has 1 atom stereocenters.